The van der Waals surface area contributed by atoms with E-state index in [2.05, 4.69) is 17.9 Å². The minimum Gasteiger partial charge on any atom is -0.465 e. The monoisotopic (exact) mass is 101 g/mol. The lowest BCUT2D eigenvalue weighted by Gasteiger charge is -1.61. The molecular weight excluding hydrogens is 94.0 g/mol. The Kier molecular flexibility index (Phi) is 2.76. The van der Waals surface area contributed by atoms with Gasteiger partial charge in [0, 0.05) is 0 Å². The van der Waals surface area contributed by atoms with Gasteiger partial charge in [0.25, 0.3) is 0 Å². The molecule has 0 radical (unpaired) electrons. The van der Waals surface area contributed by atoms with Crippen LogP contribution in [0.2, 0.25) is 0 Å². The highest BCUT2D eigenvalue weighted by molar-refractivity contribution is 5.61. The van der Waals surface area contributed by atoms with E-state index in [0.717, 1.165) is 0 Å². The molecule has 1 amide bonds. The first-order valence-electron chi connectivity index (χ1n) is 1.87. The van der Waals surface area contributed by atoms with E-state index in [1.165, 1.54) is 6.42 Å². The summed E-state index contributed by atoms with van der Waals surface area (Å²) in [6.45, 7) is 0. The molecule has 1 rings (SSSR count). The third-order valence-electron chi connectivity index (χ3n) is 0.236. The molecule has 0 unspecified atom stereocenters. The number of rotatable bonds is 0. The second-order valence-electron chi connectivity index (χ2n) is 1.05. The summed E-state index contributed by atoms with van der Waals surface area (Å²) in [5.74, 6) is 0. The molecule has 0 aromatic heterocycles. The summed E-state index contributed by atoms with van der Waals surface area (Å²) in [5.41, 5.74) is 4.03. The van der Waals surface area contributed by atoms with Gasteiger partial charge in [-0.05, 0) is 6.42 Å². The molecule has 3 heteroatoms. The first-order chi connectivity index (χ1) is 3.23. The highest BCUT2D eigenvalue weighted by Crippen LogP contribution is 1.96. The normalized spacial score (nSPS) is 11.4. The first-order valence-corrected chi connectivity index (χ1v) is 1.87. The molecule has 0 atom stereocenters. The molecule has 1 aliphatic rings. The fourth-order valence-corrected chi connectivity index (χ4v) is 0. The van der Waals surface area contributed by atoms with E-state index < -0.39 is 6.09 Å². The van der Waals surface area contributed by atoms with E-state index >= 15 is 0 Å². The van der Waals surface area contributed by atoms with E-state index in [0.29, 0.717) is 0 Å². The second-order valence-corrected chi connectivity index (χ2v) is 1.05. The van der Waals surface area contributed by atoms with Crippen molar-refractivity contribution in [3.8, 4) is 0 Å². The van der Waals surface area contributed by atoms with Gasteiger partial charge in [0.2, 0.25) is 0 Å². The quantitative estimate of drug-likeness (QED) is 0.438. The van der Waals surface area contributed by atoms with E-state index in [4.69, 9.17) is 9.90 Å². The Balaban J connectivity index is 0.000000105. The van der Waals surface area contributed by atoms with Crippen LogP contribution >= 0.6 is 0 Å². The molecule has 0 aromatic rings. The molecule has 0 heterocycles. The van der Waals surface area contributed by atoms with Gasteiger partial charge in [0.15, 0.2) is 0 Å². The lowest BCUT2D eigenvalue weighted by atomic mass is 10.9. The highest BCUT2D eigenvalue weighted by Gasteiger charge is 1.75. The van der Waals surface area contributed by atoms with Crippen LogP contribution in [0.5, 0.6) is 0 Å². The minimum absolute atomic E-state index is 1.25. The van der Waals surface area contributed by atoms with E-state index in [1.54, 1.807) is 0 Å². The Labute approximate surface area is 41.4 Å². The van der Waals surface area contributed by atoms with Crippen LogP contribution in [-0.4, -0.2) is 11.2 Å². The van der Waals surface area contributed by atoms with Crippen molar-refractivity contribution in [3.63, 3.8) is 0 Å². The van der Waals surface area contributed by atoms with Crippen LogP contribution in [0.25, 0.3) is 0 Å². The molecule has 0 saturated heterocycles. The molecule has 0 bridgehead atoms. The van der Waals surface area contributed by atoms with E-state index in [-0.39, 0.29) is 0 Å². The Bertz CT molecular complexity index is 79.7. The summed E-state index contributed by atoms with van der Waals surface area (Å²) in [7, 11) is 0. The van der Waals surface area contributed by atoms with Gasteiger partial charge < -0.3 is 10.8 Å². The van der Waals surface area contributed by atoms with Crippen LogP contribution in [0.3, 0.4) is 0 Å². The zero-order valence-electron chi connectivity index (χ0n) is 3.79. The molecule has 3 N–H and O–H groups in total. The fourth-order valence-electron chi connectivity index (χ4n) is 0. The summed E-state index contributed by atoms with van der Waals surface area (Å²) in [4.78, 5) is 8.78. The Hall–Kier alpha value is -0.990. The van der Waals surface area contributed by atoms with Crippen LogP contribution in [0.4, 0.5) is 4.79 Å². The van der Waals surface area contributed by atoms with Crippen molar-refractivity contribution < 1.29 is 9.90 Å². The molecule has 0 aliphatic heterocycles. The van der Waals surface area contributed by atoms with Gasteiger partial charge in [0.05, 0.1) is 0 Å². The second kappa shape index (κ2) is 3.21. The van der Waals surface area contributed by atoms with Gasteiger partial charge in [-0.3, -0.25) is 0 Å². The van der Waals surface area contributed by atoms with Crippen molar-refractivity contribution in [2.24, 2.45) is 5.73 Å². The van der Waals surface area contributed by atoms with Gasteiger partial charge in [-0.15, -0.1) is 0 Å². The number of primary amides is 1. The average molecular weight is 101 g/mol. The molecule has 0 saturated carbocycles. The molecular formula is C4H7NO2. The number of carboxylic acid groups (broad SMARTS) is 1. The maximum absolute atomic E-state index is 8.78. The van der Waals surface area contributed by atoms with Crippen molar-refractivity contribution in [1.29, 1.82) is 0 Å². The van der Waals surface area contributed by atoms with Gasteiger partial charge in [-0.1, -0.05) is 12.2 Å². The Morgan fingerprint density at radius 3 is 1.86 bits per heavy atom. The number of nitrogens with two attached hydrogens (primary N) is 1. The molecule has 0 aromatic carbocycles. The SMILES string of the molecule is C1=CC1.NC(=O)O. The van der Waals surface area contributed by atoms with Gasteiger partial charge in [0.1, 0.15) is 0 Å². The lowest BCUT2D eigenvalue weighted by molar-refractivity contribution is 0.205. The summed E-state index contributed by atoms with van der Waals surface area (Å²) in [6.07, 6.45) is 4.17. The summed E-state index contributed by atoms with van der Waals surface area (Å²) in [5, 5.41) is 7.19. The largest absolute Gasteiger partial charge is 0.465 e. The molecule has 7 heavy (non-hydrogen) atoms. The summed E-state index contributed by atoms with van der Waals surface area (Å²) >= 11 is 0. The third-order valence-corrected chi connectivity index (χ3v) is 0.236. The predicted molar refractivity (Wildman–Crippen MR) is 26.0 cm³/mol. The van der Waals surface area contributed by atoms with Crippen LogP contribution in [0.1, 0.15) is 6.42 Å². The summed E-state index contributed by atoms with van der Waals surface area (Å²) < 4.78 is 0. The fraction of sp³-hybridized carbons (Fsp3) is 0.250. The van der Waals surface area contributed by atoms with Crippen LogP contribution < -0.4 is 5.73 Å². The van der Waals surface area contributed by atoms with Gasteiger partial charge in [-0.25, -0.2) is 4.79 Å². The lowest BCUT2D eigenvalue weighted by Crippen LogP contribution is -2.03. The smallest absolute Gasteiger partial charge is 0.402 e. The van der Waals surface area contributed by atoms with E-state index in [1.807, 2.05) is 0 Å². The number of hydrogen-bond donors (Lipinski definition) is 2. The molecule has 1 aliphatic carbocycles. The molecule has 3 nitrogen and oxygen atoms in total. The Morgan fingerprint density at radius 1 is 1.71 bits per heavy atom. The maximum Gasteiger partial charge on any atom is 0.402 e. The van der Waals surface area contributed by atoms with Crippen molar-refractivity contribution >= 4 is 6.09 Å². The van der Waals surface area contributed by atoms with Gasteiger partial charge >= 0.3 is 6.09 Å². The number of hydrogen-bond acceptors (Lipinski definition) is 1. The van der Waals surface area contributed by atoms with Crippen molar-refractivity contribution in [3.05, 3.63) is 12.2 Å². The van der Waals surface area contributed by atoms with Crippen LogP contribution in [-0.2, 0) is 0 Å². The Morgan fingerprint density at radius 2 is 1.86 bits per heavy atom. The standard InChI is InChI=1S/C3H4.CH3NO2/c1-2-3-1;2-1(3)4/h1-2H,3H2;2H2,(H,3,4). The number of allylic oxidation sites excluding steroid dienone is 2. The number of amides is 1. The maximum atomic E-state index is 8.78. The van der Waals surface area contributed by atoms with Crippen LogP contribution in [0, 0.1) is 0 Å². The van der Waals surface area contributed by atoms with Crippen molar-refractivity contribution in [2.75, 3.05) is 0 Å². The zero-order chi connectivity index (χ0) is 5.70. The summed E-state index contributed by atoms with van der Waals surface area (Å²) in [6, 6.07) is 0. The van der Waals surface area contributed by atoms with Crippen molar-refractivity contribution in [1.82, 2.24) is 0 Å². The number of carbonyl (C=O) groups is 1. The third kappa shape index (κ3) is 454000. The molecule has 40 valence electrons. The molecule has 0 spiro atoms. The zero-order valence-corrected chi connectivity index (χ0v) is 3.79. The highest BCUT2D eigenvalue weighted by atomic mass is 16.4. The minimum atomic E-state index is -1.33. The first kappa shape index (κ1) is 6.01. The topological polar surface area (TPSA) is 63.3 Å². The van der Waals surface area contributed by atoms with Crippen LogP contribution in [0.15, 0.2) is 12.2 Å². The molecule has 0 fully saturated rings. The average Bonchev–Trinajstić information content (AvgIpc) is 2.02. The van der Waals surface area contributed by atoms with Crippen molar-refractivity contribution in [2.45, 2.75) is 6.42 Å². The van der Waals surface area contributed by atoms with Gasteiger partial charge in [-0.2, -0.15) is 0 Å². The van der Waals surface area contributed by atoms with E-state index in [9.17, 15) is 0 Å². The predicted octanol–water partition coefficient (Wildman–Crippen LogP) is 0.569.